The van der Waals surface area contributed by atoms with Gasteiger partial charge < -0.3 is 18.3 Å². The zero-order chi connectivity index (χ0) is 22.1. The normalized spacial score (nSPS) is 9.07. The molecule has 0 radical (unpaired) electrons. The van der Waals surface area contributed by atoms with Gasteiger partial charge in [-0.15, -0.1) is 10.2 Å². The molecular formula is C16H24ClN8O4Pt+. The van der Waals surface area contributed by atoms with Crippen LogP contribution >= 0.6 is 0 Å². The molecule has 0 aromatic carbocycles. The van der Waals surface area contributed by atoms with Gasteiger partial charge in [-0.25, -0.2) is 38.6 Å². The second-order valence-electron chi connectivity index (χ2n) is 5.29. The number of rotatable bonds is 0. The monoisotopic (exact) mass is 622 g/mol. The molecule has 14 heteroatoms. The summed E-state index contributed by atoms with van der Waals surface area (Å²) in [6, 6.07) is 0. The molecule has 0 aliphatic heterocycles. The first-order chi connectivity index (χ1) is 13.6. The molecule has 0 saturated carbocycles. The Balaban J connectivity index is 0. The van der Waals surface area contributed by atoms with Gasteiger partial charge in [-0.05, 0) is 0 Å². The molecule has 0 aliphatic carbocycles. The first kappa shape index (κ1) is 29.9. The van der Waals surface area contributed by atoms with Crippen LogP contribution in [0.2, 0.25) is 0 Å². The van der Waals surface area contributed by atoms with Crippen LogP contribution in [0.4, 0.5) is 0 Å². The second kappa shape index (κ2) is 17.5. The maximum Gasteiger partial charge on any atom is 2.00 e. The van der Waals surface area contributed by atoms with Crippen LogP contribution in [0.3, 0.4) is 0 Å². The molecule has 4 rings (SSSR count). The van der Waals surface area contributed by atoms with Gasteiger partial charge in [0, 0.05) is 77.8 Å². The van der Waals surface area contributed by atoms with E-state index in [-0.39, 0.29) is 21.1 Å². The average Bonchev–Trinajstić information content (AvgIpc) is 3.38. The number of halogens is 1. The molecule has 30 heavy (non-hydrogen) atoms. The van der Waals surface area contributed by atoms with Crippen molar-refractivity contribution in [2.24, 2.45) is 28.2 Å². The summed E-state index contributed by atoms with van der Waals surface area (Å²) in [4.78, 5) is 15.1. The van der Waals surface area contributed by atoms with Gasteiger partial charge in [0.05, 0.1) is 25.3 Å². The van der Waals surface area contributed by atoms with Crippen molar-refractivity contribution in [3.8, 4) is 0 Å². The molecule has 0 unspecified atom stereocenters. The van der Waals surface area contributed by atoms with Crippen LogP contribution in [-0.4, -0.2) is 38.2 Å². The molecule has 0 aliphatic rings. The van der Waals surface area contributed by atoms with Gasteiger partial charge in [-0.3, -0.25) is 0 Å². The summed E-state index contributed by atoms with van der Waals surface area (Å²) in [7, 11) is 2.81. The van der Waals surface area contributed by atoms with Gasteiger partial charge in [0.15, 0.2) is 0 Å². The fourth-order valence-electron chi connectivity index (χ4n) is 1.30. The summed E-state index contributed by atoms with van der Waals surface area (Å²) in [5, 5.41) is 0. The van der Waals surface area contributed by atoms with Crippen LogP contribution in [0.15, 0.2) is 74.9 Å². The van der Waals surface area contributed by atoms with Crippen molar-refractivity contribution in [2.75, 3.05) is 0 Å². The van der Waals surface area contributed by atoms with E-state index in [0.717, 1.165) is 0 Å². The number of aromatic nitrogens is 8. The van der Waals surface area contributed by atoms with Gasteiger partial charge in [0.25, 0.3) is 0 Å². The predicted octanol–water partition coefficient (Wildman–Crippen LogP) is -3.08. The summed E-state index contributed by atoms with van der Waals surface area (Å²) in [5.74, 6) is 0. The van der Waals surface area contributed by atoms with Gasteiger partial charge in [0.2, 0.25) is 0 Å². The summed E-state index contributed by atoms with van der Waals surface area (Å²) < 4.78 is 41.5. The van der Waals surface area contributed by atoms with Crippen molar-refractivity contribution >= 4 is 0 Å². The Morgan fingerprint density at radius 3 is 0.700 bits per heavy atom. The minimum Gasteiger partial charge on any atom is -0.341 e. The molecule has 168 valence electrons. The van der Waals surface area contributed by atoms with Crippen molar-refractivity contribution in [2.45, 2.75) is 0 Å². The minimum atomic E-state index is -4.94. The molecule has 4 heterocycles. The summed E-state index contributed by atoms with van der Waals surface area (Å²) in [6.07, 6.45) is 21.6. The Kier molecular flexibility index (Phi) is 17.4. The molecule has 4 aromatic heterocycles. The molecule has 0 spiro atoms. The Labute approximate surface area is 191 Å². The fraction of sp³-hybridized carbons (Fsp3) is 0.250. The predicted molar refractivity (Wildman–Crippen MR) is 92.8 cm³/mol. The Hall–Kier alpha value is -2.34. The molecule has 0 N–H and O–H groups in total. The Bertz CT molecular complexity index is 669. The van der Waals surface area contributed by atoms with E-state index < -0.39 is 10.2 Å². The van der Waals surface area contributed by atoms with Crippen LogP contribution in [0.25, 0.3) is 0 Å². The zero-order valence-electron chi connectivity index (χ0n) is 16.8. The van der Waals surface area contributed by atoms with Gasteiger partial charge in [-0.1, -0.05) is 0 Å². The average molecular weight is 623 g/mol. The van der Waals surface area contributed by atoms with E-state index in [1.165, 1.54) is 0 Å². The first-order valence-electron chi connectivity index (χ1n) is 7.87. The van der Waals surface area contributed by atoms with E-state index in [1.54, 1.807) is 50.1 Å². The third kappa shape index (κ3) is 23.7. The zero-order valence-corrected chi connectivity index (χ0v) is 19.9. The molecule has 0 saturated heterocycles. The van der Waals surface area contributed by atoms with Crippen molar-refractivity contribution in [1.29, 1.82) is 0 Å². The molecule has 12 nitrogen and oxygen atoms in total. The van der Waals surface area contributed by atoms with E-state index in [2.05, 4.69) is 19.9 Å². The number of imidazole rings is 4. The van der Waals surface area contributed by atoms with Crippen molar-refractivity contribution in [1.82, 2.24) is 38.2 Å². The molecule has 0 atom stereocenters. The van der Waals surface area contributed by atoms with Crippen molar-refractivity contribution in [3.05, 3.63) is 74.9 Å². The summed E-state index contributed by atoms with van der Waals surface area (Å²) >= 11 is 0. The van der Waals surface area contributed by atoms with Crippen LogP contribution < -0.4 is 18.6 Å². The largest absolute Gasteiger partial charge is 2.00 e. The second-order valence-corrected chi connectivity index (χ2v) is 6.05. The number of hydrogen-bond donors (Lipinski definition) is 0. The Morgan fingerprint density at radius 1 is 0.500 bits per heavy atom. The van der Waals surface area contributed by atoms with Crippen LogP contribution in [0.1, 0.15) is 0 Å². The molecule has 0 amide bonds. The number of aryl methyl sites for hydroxylation is 4. The van der Waals surface area contributed by atoms with Crippen LogP contribution in [0, 0.1) is 10.2 Å². The number of hydrogen-bond acceptors (Lipinski definition) is 8. The van der Waals surface area contributed by atoms with E-state index in [0.29, 0.717) is 0 Å². The van der Waals surface area contributed by atoms with Gasteiger partial charge >= 0.3 is 21.1 Å². The van der Waals surface area contributed by atoms with Gasteiger partial charge in [-0.2, -0.15) is 0 Å². The number of nitrogens with zero attached hydrogens (tertiary/aromatic N) is 8. The fourth-order valence-corrected chi connectivity index (χ4v) is 1.30. The van der Waals surface area contributed by atoms with Crippen molar-refractivity contribution < 1.29 is 49.9 Å². The van der Waals surface area contributed by atoms with E-state index in [4.69, 9.17) is 18.6 Å². The maximum absolute atomic E-state index is 8.49. The van der Waals surface area contributed by atoms with E-state index in [9.17, 15) is 0 Å². The van der Waals surface area contributed by atoms with Crippen molar-refractivity contribution in [3.63, 3.8) is 0 Å². The third-order valence-corrected chi connectivity index (χ3v) is 2.55. The van der Waals surface area contributed by atoms with Gasteiger partial charge in [0.1, 0.15) is 0 Å². The minimum absolute atomic E-state index is 0. The quantitative estimate of drug-likeness (QED) is 0.199. The molecule has 0 fully saturated rings. The topological polar surface area (TPSA) is 164 Å². The van der Waals surface area contributed by atoms with E-state index >= 15 is 0 Å². The summed E-state index contributed by atoms with van der Waals surface area (Å²) in [6.45, 7) is 0. The molecule has 0 bridgehead atoms. The first-order valence-corrected chi connectivity index (χ1v) is 9.11. The Morgan fingerprint density at radius 2 is 0.667 bits per heavy atom. The molecular weight excluding hydrogens is 599 g/mol. The third-order valence-electron chi connectivity index (χ3n) is 2.55. The smallest absolute Gasteiger partial charge is 0.341 e. The van der Waals surface area contributed by atoms with Crippen LogP contribution in [-0.2, 0) is 49.3 Å². The molecule has 4 aromatic rings. The summed E-state index contributed by atoms with van der Waals surface area (Å²) in [5.41, 5.74) is 0. The maximum atomic E-state index is 8.49. The SMILES string of the molecule is Cn1ccnc1.Cn1ccnc1.Cn1ccnc1.Cn1ccnc1.[O-][Cl+3]([O-])([O-])[O-].[Pt+2]. The standard InChI is InChI=1S/4C4H6N2.ClHO4.Pt/c4*1-6-3-2-5-4-6;2-1(3,4)5;/h4*2-4H,1H3;(H,2,3,4,5);/q;;;;;+2/p-1. The van der Waals surface area contributed by atoms with E-state index in [1.807, 2.05) is 71.2 Å². The van der Waals surface area contributed by atoms with Crippen LogP contribution in [0.5, 0.6) is 0 Å².